The van der Waals surface area contributed by atoms with E-state index in [0.717, 1.165) is 12.0 Å². The molecule has 1 atom stereocenters. The molecule has 0 aromatic heterocycles. The van der Waals surface area contributed by atoms with Gasteiger partial charge in [-0.15, -0.1) is 0 Å². The van der Waals surface area contributed by atoms with Crippen LogP contribution in [0, 0.1) is 18.3 Å². The molecular formula is C14H17NO2. The number of rotatable bonds is 4. The number of Topliss-reactive ketones (excluding diaryl/α,β-unsaturated/α-hetero) is 1. The van der Waals surface area contributed by atoms with Crippen molar-refractivity contribution in [1.82, 2.24) is 0 Å². The Bertz CT molecular complexity index is 474. The zero-order valence-corrected chi connectivity index (χ0v) is 10.7. The first-order chi connectivity index (χ1) is 8.01. The molecule has 0 bridgehead atoms. The molecule has 0 aliphatic rings. The van der Waals surface area contributed by atoms with Gasteiger partial charge in [0.05, 0.1) is 0 Å². The fraction of sp³-hybridized carbons (Fsp3) is 0.429. The van der Waals surface area contributed by atoms with E-state index in [1.165, 1.54) is 19.6 Å². The highest BCUT2D eigenvalue weighted by atomic mass is 16.5. The second-order valence-electron chi connectivity index (χ2n) is 4.05. The molecule has 0 radical (unpaired) electrons. The topological polar surface area (TPSA) is 50.1 Å². The van der Waals surface area contributed by atoms with Gasteiger partial charge >= 0.3 is 0 Å². The molecule has 0 heterocycles. The van der Waals surface area contributed by atoms with Gasteiger partial charge in [-0.25, -0.2) is 0 Å². The van der Waals surface area contributed by atoms with Gasteiger partial charge in [0.25, 0.3) is 0 Å². The number of aryl methyl sites for hydroxylation is 2. The first-order valence-electron chi connectivity index (χ1n) is 5.59. The summed E-state index contributed by atoms with van der Waals surface area (Å²) >= 11 is 0. The smallest absolute Gasteiger partial charge is 0.237 e. The van der Waals surface area contributed by atoms with E-state index in [4.69, 9.17) is 4.74 Å². The minimum absolute atomic E-state index is 0.300. The van der Waals surface area contributed by atoms with E-state index in [1.807, 2.05) is 25.1 Å². The maximum atomic E-state index is 11.6. The molecule has 0 saturated heterocycles. The Kier molecular flexibility index (Phi) is 4.03. The Hall–Kier alpha value is -1.66. The van der Waals surface area contributed by atoms with Gasteiger partial charge in [-0.05, 0) is 31.4 Å². The Morgan fingerprint density at radius 3 is 2.53 bits per heavy atom. The van der Waals surface area contributed by atoms with Crippen molar-refractivity contribution in [2.24, 2.45) is 0 Å². The monoisotopic (exact) mass is 231 g/mol. The summed E-state index contributed by atoms with van der Waals surface area (Å²) in [5.74, 6) is -0.300. The van der Waals surface area contributed by atoms with E-state index in [1.54, 1.807) is 6.07 Å². The summed E-state index contributed by atoms with van der Waals surface area (Å²) in [5.41, 5.74) is 1.41. The number of benzene rings is 1. The van der Waals surface area contributed by atoms with Crippen LogP contribution in [0.25, 0.3) is 0 Å². The number of nitrogens with zero attached hydrogens (tertiary/aromatic N) is 1. The Labute approximate surface area is 102 Å². The number of carbonyl (C=O) groups is 1. The van der Waals surface area contributed by atoms with Crippen LogP contribution < -0.4 is 0 Å². The van der Waals surface area contributed by atoms with Gasteiger partial charge < -0.3 is 4.74 Å². The van der Waals surface area contributed by atoms with E-state index in [0.29, 0.717) is 5.56 Å². The molecule has 1 unspecified atom stereocenters. The molecule has 0 amide bonds. The van der Waals surface area contributed by atoms with E-state index in [2.05, 4.69) is 6.92 Å². The fourth-order valence-electron chi connectivity index (χ4n) is 1.97. The Morgan fingerprint density at radius 2 is 2.18 bits per heavy atom. The lowest BCUT2D eigenvalue weighted by Gasteiger charge is -2.23. The maximum absolute atomic E-state index is 11.6. The standard InChI is InChI=1S/C14H17NO2/c1-5-12-6-7-13(8-10(12)2)14(9-15,17-4)11(3)16/h6-8H,5H2,1-4H3. The van der Waals surface area contributed by atoms with Crippen LogP contribution in [0.4, 0.5) is 0 Å². The van der Waals surface area contributed by atoms with Crippen LogP contribution >= 0.6 is 0 Å². The first-order valence-corrected chi connectivity index (χ1v) is 5.59. The number of ether oxygens (including phenoxy) is 1. The van der Waals surface area contributed by atoms with Crippen molar-refractivity contribution >= 4 is 5.78 Å². The van der Waals surface area contributed by atoms with Gasteiger partial charge in [0.1, 0.15) is 6.07 Å². The second-order valence-corrected chi connectivity index (χ2v) is 4.05. The largest absolute Gasteiger partial charge is 0.353 e. The quantitative estimate of drug-likeness (QED) is 0.800. The summed E-state index contributed by atoms with van der Waals surface area (Å²) in [6.07, 6.45) is 0.929. The van der Waals surface area contributed by atoms with Gasteiger partial charge in [0.2, 0.25) is 5.60 Å². The molecule has 0 N–H and O–H groups in total. The summed E-state index contributed by atoms with van der Waals surface area (Å²) < 4.78 is 5.15. The molecule has 0 aliphatic carbocycles. The predicted molar refractivity (Wildman–Crippen MR) is 65.5 cm³/mol. The minimum atomic E-state index is -1.48. The molecule has 0 saturated carbocycles. The van der Waals surface area contributed by atoms with Crippen LogP contribution in [0.5, 0.6) is 0 Å². The summed E-state index contributed by atoms with van der Waals surface area (Å²) in [6.45, 7) is 5.41. The summed E-state index contributed by atoms with van der Waals surface area (Å²) in [6, 6.07) is 7.56. The number of methoxy groups -OCH3 is 1. The third-order valence-electron chi connectivity index (χ3n) is 3.09. The zero-order chi connectivity index (χ0) is 13.1. The van der Waals surface area contributed by atoms with Gasteiger partial charge in [0, 0.05) is 12.7 Å². The van der Waals surface area contributed by atoms with Crippen molar-refractivity contribution in [3.8, 4) is 6.07 Å². The number of hydrogen-bond donors (Lipinski definition) is 0. The lowest BCUT2D eigenvalue weighted by atomic mass is 9.88. The van der Waals surface area contributed by atoms with Crippen LogP contribution in [-0.4, -0.2) is 12.9 Å². The van der Waals surface area contributed by atoms with E-state index >= 15 is 0 Å². The first kappa shape index (κ1) is 13.4. The van der Waals surface area contributed by atoms with Gasteiger partial charge in [0.15, 0.2) is 5.78 Å². The van der Waals surface area contributed by atoms with Crippen LogP contribution in [0.2, 0.25) is 0 Å². The Morgan fingerprint density at radius 1 is 1.53 bits per heavy atom. The second kappa shape index (κ2) is 5.11. The van der Waals surface area contributed by atoms with Crippen LogP contribution in [0.3, 0.4) is 0 Å². The molecule has 3 nitrogen and oxygen atoms in total. The number of ketones is 1. The predicted octanol–water partition coefficient (Wildman–Crippen LogP) is 2.51. The van der Waals surface area contributed by atoms with Crippen molar-refractivity contribution in [1.29, 1.82) is 5.26 Å². The third-order valence-corrected chi connectivity index (χ3v) is 3.09. The van der Waals surface area contributed by atoms with E-state index in [9.17, 15) is 10.1 Å². The van der Waals surface area contributed by atoms with Crippen LogP contribution in [0.15, 0.2) is 18.2 Å². The van der Waals surface area contributed by atoms with Gasteiger partial charge in [-0.1, -0.05) is 25.1 Å². The molecular weight excluding hydrogens is 214 g/mol. The highest BCUT2D eigenvalue weighted by Gasteiger charge is 2.38. The lowest BCUT2D eigenvalue weighted by Crippen LogP contribution is -2.34. The summed E-state index contributed by atoms with van der Waals surface area (Å²) in [5, 5.41) is 9.22. The van der Waals surface area contributed by atoms with Crippen LogP contribution in [-0.2, 0) is 21.6 Å². The molecule has 0 fully saturated rings. The molecule has 17 heavy (non-hydrogen) atoms. The van der Waals surface area contributed by atoms with Crippen molar-refractivity contribution in [3.05, 3.63) is 34.9 Å². The molecule has 3 heteroatoms. The minimum Gasteiger partial charge on any atom is -0.353 e. The van der Waals surface area contributed by atoms with Crippen molar-refractivity contribution in [2.75, 3.05) is 7.11 Å². The highest BCUT2D eigenvalue weighted by molar-refractivity contribution is 5.89. The number of nitriles is 1. The zero-order valence-electron chi connectivity index (χ0n) is 10.7. The van der Waals surface area contributed by atoms with Crippen molar-refractivity contribution < 1.29 is 9.53 Å². The lowest BCUT2D eigenvalue weighted by molar-refractivity contribution is -0.133. The maximum Gasteiger partial charge on any atom is 0.237 e. The molecule has 90 valence electrons. The fourth-order valence-corrected chi connectivity index (χ4v) is 1.97. The number of hydrogen-bond acceptors (Lipinski definition) is 3. The van der Waals surface area contributed by atoms with Crippen LogP contribution in [0.1, 0.15) is 30.5 Å². The third kappa shape index (κ3) is 2.22. The van der Waals surface area contributed by atoms with Crippen molar-refractivity contribution in [2.45, 2.75) is 32.8 Å². The molecule has 1 rings (SSSR count). The normalized spacial score (nSPS) is 13.8. The SMILES string of the molecule is CCc1ccc(C(C#N)(OC)C(C)=O)cc1C. The van der Waals surface area contributed by atoms with Gasteiger partial charge in [-0.2, -0.15) is 5.26 Å². The molecule has 1 aromatic rings. The Balaban J connectivity index is 3.36. The summed E-state index contributed by atoms with van der Waals surface area (Å²) in [7, 11) is 1.38. The number of carbonyl (C=O) groups excluding carboxylic acids is 1. The van der Waals surface area contributed by atoms with Gasteiger partial charge in [-0.3, -0.25) is 4.79 Å². The van der Waals surface area contributed by atoms with E-state index in [-0.39, 0.29) is 5.78 Å². The summed E-state index contributed by atoms with van der Waals surface area (Å²) in [4.78, 5) is 11.6. The average Bonchev–Trinajstić information content (AvgIpc) is 2.31. The molecule has 0 aliphatic heterocycles. The molecule has 0 spiro atoms. The van der Waals surface area contributed by atoms with E-state index < -0.39 is 5.60 Å². The van der Waals surface area contributed by atoms with Crippen molar-refractivity contribution in [3.63, 3.8) is 0 Å². The average molecular weight is 231 g/mol. The molecule has 1 aromatic carbocycles. The highest BCUT2D eigenvalue weighted by Crippen LogP contribution is 2.27.